The van der Waals surface area contributed by atoms with E-state index in [1.807, 2.05) is 19.9 Å². The van der Waals surface area contributed by atoms with Gasteiger partial charge in [-0.05, 0) is 44.2 Å². The number of aromatic nitrogens is 1. The van der Waals surface area contributed by atoms with E-state index in [2.05, 4.69) is 9.88 Å². The smallest absolute Gasteiger partial charge is 0.128 e. The largest absolute Gasteiger partial charge is 0.397 e. The van der Waals surface area contributed by atoms with E-state index in [-0.39, 0.29) is 6.10 Å². The van der Waals surface area contributed by atoms with Crippen molar-refractivity contribution in [2.75, 3.05) is 23.7 Å². The average Bonchev–Trinajstić information content (AvgIpc) is 2.33. The Kier molecular flexibility index (Phi) is 3.52. The van der Waals surface area contributed by atoms with Gasteiger partial charge in [-0.2, -0.15) is 0 Å². The second kappa shape index (κ2) is 4.92. The first-order valence-corrected chi connectivity index (χ1v) is 6.23. The number of rotatable bonds is 2. The molecule has 2 heterocycles. The molecule has 1 fully saturated rings. The number of nitrogens with two attached hydrogens (primary N) is 1. The molecule has 0 aliphatic carbocycles. The van der Waals surface area contributed by atoms with Crippen molar-refractivity contribution in [2.24, 2.45) is 5.92 Å². The van der Waals surface area contributed by atoms with E-state index >= 15 is 0 Å². The fourth-order valence-electron chi connectivity index (χ4n) is 2.34. The molecule has 0 saturated carbocycles. The number of nitrogen functional groups attached to an aromatic ring is 1. The van der Waals surface area contributed by atoms with Crippen LogP contribution in [-0.2, 0) is 0 Å². The Morgan fingerprint density at radius 3 is 2.65 bits per heavy atom. The summed E-state index contributed by atoms with van der Waals surface area (Å²) in [4.78, 5) is 6.64. The molecule has 0 bridgehead atoms. The fraction of sp³-hybridized carbons (Fsp3) is 0.615. The average molecular weight is 235 g/mol. The normalized spacial score (nSPS) is 19.4. The van der Waals surface area contributed by atoms with E-state index in [0.29, 0.717) is 5.92 Å². The van der Waals surface area contributed by atoms with Crippen molar-refractivity contribution in [3.05, 3.63) is 17.8 Å². The monoisotopic (exact) mass is 235 g/mol. The summed E-state index contributed by atoms with van der Waals surface area (Å²) in [6.07, 6.45) is 3.59. The maximum atomic E-state index is 9.56. The van der Waals surface area contributed by atoms with Gasteiger partial charge < -0.3 is 15.7 Å². The van der Waals surface area contributed by atoms with Gasteiger partial charge in [0.25, 0.3) is 0 Å². The summed E-state index contributed by atoms with van der Waals surface area (Å²) in [6, 6.07) is 2.04. The van der Waals surface area contributed by atoms with Crippen molar-refractivity contribution < 1.29 is 5.11 Å². The van der Waals surface area contributed by atoms with Crippen molar-refractivity contribution in [1.82, 2.24) is 4.98 Å². The van der Waals surface area contributed by atoms with Crippen molar-refractivity contribution in [3.63, 3.8) is 0 Å². The Labute approximate surface area is 102 Å². The third-order valence-electron chi connectivity index (χ3n) is 3.68. The fourth-order valence-corrected chi connectivity index (χ4v) is 2.34. The number of piperidine rings is 1. The Morgan fingerprint density at radius 1 is 1.47 bits per heavy atom. The summed E-state index contributed by atoms with van der Waals surface area (Å²) in [6.45, 7) is 5.81. The maximum Gasteiger partial charge on any atom is 0.128 e. The van der Waals surface area contributed by atoms with Gasteiger partial charge in [-0.3, -0.25) is 0 Å². The molecule has 0 radical (unpaired) electrons. The van der Waals surface area contributed by atoms with Gasteiger partial charge in [0.05, 0.1) is 18.0 Å². The predicted molar refractivity (Wildman–Crippen MR) is 70.0 cm³/mol. The molecule has 1 aromatic rings. The lowest BCUT2D eigenvalue weighted by molar-refractivity contribution is 0.110. The van der Waals surface area contributed by atoms with E-state index in [1.54, 1.807) is 6.20 Å². The summed E-state index contributed by atoms with van der Waals surface area (Å²) in [7, 11) is 0. The molecule has 1 atom stereocenters. The minimum Gasteiger partial charge on any atom is -0.397 e. The van der Waals surface area contributed by atoms with Gasteiger partial charge in [-0.1, -0.05) is 0 Å². The van der Waals surface area contributed by atoms with E-state index in [1.165, 1.54) is 0 Å². The third-order valence-corrected chi connectivity index (χ3v) is 3.68. The SMILES string of the molecule is Cc1cc(N2CCC(C(C)O)CC2)ncc1N. The number of nitrogens with zero attached hydrogens (tertiary/aromatic N) is 2. The summed E-state index contributed by atoms with van der Waals surface area (Å²) in [5.74, 6) is 1.43. The predicted octanol–water partition coefficient (Wildman–Crippen LogP) is 1.57. The molecule has 0 aromatic carbocycles. The Hall–Kier alpha value is -1.29. The lowest BCUT2D eigenvalue weighted by Crippen LogP contribution is -2.37. The van der Waals surface area contributed by atoms with Crippen LogP contribution in [0.15, 0.2) is 12.3 Å². The van der Waals surface area contributed by atoms with Gasteiger partial charge in [-0.25, -0.2) is 4.98 Å². The second-order valence-corrected chi connectivity index (χ2v) is 4.96. The van der Waals surface area contributed by atoms with Crippen LogP contribution in [0, 0.1) is 12.8 Å². The Balaban J connectivity index is 2.03. The summed E-state index contributed by atoms with van der Waals surface area (Å²) in [5.41, 5.74) is 7.59. The molecular weight excluding hydrogens is 214 g/mol. The number of hydrogen-bond donors (Lipinski definition) is 2. The zero-order valence-corrected chi connectivity index (χ0v) is 10.6. The standard InChI is InChI=1S/C13H21N3O/c1-9-7-13(15-8-12(9)14)16-5-3-11(4-6-16)10(2)17/h7-8,10-11,17H,3-6,14H2,1-2H3. The number of hydrogen-bond acceptors (Lipinski definition) is 4. The molecule has 4 nitrogen and oxygen atoms in total. The molecule has 4 heteroatoms. The van der Waals surface area contributed by atoms with Crippen LogP contribution in [-0.4, -0.2) is 29.3 Å². The molecule has 1 unspecified atom stereocenters. The minimum absolute atomic E-state index is 0.196. The van der Waals surface area contributed by atoms with E-state index in [9.17, 15) is 5.11 Å². The molecular formula is C13H21N3O. The molecule has 1 saturated heterocycles. The van der Waals surface area contributed by atoms with Gasteiger partial charge >= 0.3 is 0 Å². The molecule has 1 aliphatic rings. The topological polar surface area (TPSA) is 62.4 Å². The zero-order chi connectivity index (χ0) is 12.4. The van der Waals surface area contributed by atoms with Gasteiger partial charge in [0.15, 0.2) is 0 Å². The maximum absolute atomic E-state index is 9.56. The molecule has 1 aliphatic heterocycles. The van der Waals surface area contributed by atoms with Crippen LogP contribution in [0.25, 0.3) is 0 Å². The van der Waals surface area contributed by atoms with Crippen molar-refractivity contribution in [2.45, 2.75) is 32.8 Å². The van der Waals surface area contributed by atoms with Crippen molar-refractivity contribution in [1.29, 1.82) is 0 Å². The molecule has 2 rings (SSSR count). The van der Waals surface area contributed by atoms with E-state index in [0.717, 1.165) is 43.0 Å². The van der Waals surface area contributed by atoms with Crippen LogP contribution in [0.1, 0.15) is 25.3 Å². The van der Waals surface area contributed by atoms with Gasteiger partial charge in [0, 0.05) is 13.1 Å². The van der Waals surface area contributed by atoms with Gasteiger partial charge in [-0.15, -0.1) is 0 Å². The first-order chi connectivity index (χ1) is 8.08. The number of aliphatic hydroxyl groups is 1. The molecule has 94 valence electrons. The highest BCUT2D eigenvalue weighted by molar-refractivity contribution is 5.52. The van der Waals surface area contributed by atoms with Gasteiger partial charge in [0.1, 0.15) is 5.82 Å². The van der Waals surface area contributed by atoms with E-state index < -0.39 is 0 Å². The van der Waals surface area contributed by atoms with Crippen molar-refractivity contribution >= 4 is 11.5 Å². The molecule has 17 heavy (non-hydrogen) atoms. The highest BCUT2D eigenvalue weighted by atomic mass is 16.3. The zero-order valence-electron chi connectivity index (χ0n) is 10.6. The van der Waals surface area contributed by atoms with Crippen LogP contribution >= 0.6 is 0 Å². The van der Waals surface area contributed by atoms with Crippen molar-refractivity contribution in [3.8, 4) is 0 Å². The Bertz CT molecular complexity index is 384. The first-order valence-electron chi connectivity index (χ1n) is 6.23. The van der Waals surface area contributed by atoms with Gasteiger partial charge in [0.2, 0.25) is 0 Å². The number of pyridine rings is 1. The van der Waals surface area contributed by atoms with Crippen LogP contribution in [0.5, 0.6) is 0 Å². The summed E-state index contributed by atoms with van der Waals surface area (Å²) in [5, 5.41) is 9.56. The lowest BCUT2D eigenvalue weighted by atomic mass is 9.92. The molecule has 1 aromatic heterocycles. The van der Waals surface area contributed by atoms with Crippen LogP contribution in [0.2, 0.25) is 0 Å². The quantitative estimate of drug-likeness (QED) is 0.816. The summed E-state index contributed by atoms with van der Waals surface area (Å²) >= 11 is 0. The number of aryl methyl sites for hydroxylation is 1. The highest BCUT2D eigenvalue weighted by Gasteiger charge is 2.23. The Morgan fingerprint density at radius 2 is 2.12 bits per heavy atom. The second-order valence-electron chi connectivity index (χ2n) is 4.96. The van der Waals surface area contributed by atoms with E-state index in [4.69, 9.17) is 5.73 Å². The number of aliphatic hydroxyl groups excluding tert-OH is 1. The summed E-state index contributed by atoms with van der Waals surface area (Å²) < 4.78 is 0. The lowest BCUT2D eigenvalue weighted by Gasteiger charge is -2.34. The van der Waals surface area contributed by atoms with Crippen LogP contribution < -0.4 is 10.6 Å². The number of anilines is 2. The minimum atomic E-state index is -0.196. The van der Waals surface area contributed by atoms with Crippen LogP contribution in [0.3, 0.4) is 0 Å². The molecule has 3 N–H and O–H groups in total. The molecule has 0 amide bonds. The third kappa shape index (κ3) is 2.69. The first kappa shape index (κ1) is 12.2. The highest BCUT2D eigenvalue weighted by Crippen LogP contribution is 2.25. The van der Waals surface area contributed by atoms with Crippen LogP contribution in [0.4, 0.5) is 11.5 Å². The molecule has 0 spiro atoms.